The van der Waals surface area contributed by atoms with Crippen LogP contribution in [0.3, 0.4) is 0 Å². The summed E-state index contributed by atoms with van der Waals surface area (Å²) in [5.74, 6) is 0.677. The first-order valence-electron chi connectivity index (χ1n) is 6.89. The summed E-state index contributed by atoms with van der Waals surface area (Å²) in [6.07, 6.45) is 3.89. The van der Waals surface area contributed by atoms with Crippen LogP contribution in [0.25, 0.3) is 0 Å². The molecule has 0 saturated carbocycles. The van der Waals surface area contributed by atoms with Gasteiger partial charge in [0.25, 0.3) is 5.91 Å². The smallest absolute Gasteiger partial charge is 0.291 e. The number of rotatable bonds is 3. The van der Waals surface area contributed by atoms with Crippen LogP contribution in [0.15, 0.2) is 36.7 Å². The molecule has 3 rings (SSSR count). The monoisotopic (exact) mass is 284 g/mol. The van der Waals surface area contributed by atoms with Gasteiger partial charge in [0, 0.05) is 37.1 Å². The second-order valence-corrected chi connectivity index (χ2v) is 4.97. The van der Waals surface area contributed by atoms with E-state index in [1.54, 1.807) is 23.4 Å². The van der Waals surface area contributed by atoms with E-state index in [0.717, 1.165) is 12.1 Å². The van der Waals surface area contributed by atoms with Crippen molar-refractivity contribution in [1.82, 2.24) is 19.9 Å². The van der Waals surface area contributed by atoms with Crippen molar-refractivity contribution in [3.63, 3.8) is 0 Å². The zero-order chi connectivity index (χ0) is 14.7. The Bertz CT molecular complexity index is 633. The maximum Gasteiger partial charge on any atom is 0.291 e. The van der Waals surface area contributed by atoms with E-state index < -0.39 is 0 Å². The molecule has 1 saturated heterocycles. The Hall–Kier alpha value is -2.50. The Labute approximate surface area is 122 Å². The summed E-state index contributed by atoms with van der Waals surface area (Å²) >= 11 is 0. The number of carbonyl (C=O) groups excluding carboxylic acids is 1. The van der Waals surface area contributed by atoms with E-state index in [1.165, 1.54) is 0 Å². The molecule has 6 heteroatoms. The van der Waals surface area contributed by atoms with Crippen LogP contribution in [-0.2, 0) is 0 Å². The molecule has 0 N–H and O–H groups in total. The van der Waals surface area contributed by atoms with Gasteiger partial charge in [-0.1, -0.05) is 6.07 Å². The van der Waals surface area contributed by atoms with Crippen molar-refractivity contribution in [3.8, 4) is 5.88 Å². The lowest BCUT2D eigenvalue weighted by Gasteiger charge is -2.16. The largest absolute Gasteiger partial charge is 0.472 e. The van der Waals surface area contributed by atoms with Crippen molar-refractivity contribution < 1.29 is 9.53 Å². The maximum absolute atomic E-state index is 12.2. The molecular formula is C15H16N4O2. The SMILES string of the molecule is Cc1cccc(O[C@@H]2CCN(C(=O)c3ncccn3)C2)n1. The molecule has 1 amide bonds. The molecule has 0 aromatic carbocycles. The van der Waals surface area contributed by atoms with Gasteiger partial charge in [-0.2, -0.15) is 0 Å². The fourth-order valence-corrected chi connectivity index (χ4v) is 2.31. The third-order valence-electron chi connectivity index (χ3n) is 3.34. The van der Waals surface area contributed by atoms with Gasteiger partial charge in [-0.05, 0) is 19.1 Å². The van der Waals surface area contributed by atoms with Gasteiger partial charge in [-0.25, -0.2) is 15.0 Å². The highest BCUT2D eigenvalue weighted by molar-refractivity contribution is 5.90. The first-order chi connectivity index (χ1) is 10.2. The molecule has 1 aliphatic rings. The summed E-state index contributed by atoms with van der Waals surface area (Å²) in [7, 11) is 0. The van der Waals surface area contributed by atoms with Gasteiger partial charge in [0.1, 0.15) is 6.10 Å². The van der Waals surface area contributed by atoms with Crippen molar-refractivity contribution >= 4 is 5.91 Å². The number of likely N-dealkylation sites (tertiary alicyclic amines) is 1. The average Bonchev–Trinajstić information content (AvgIpc) is 2.96. The summed E-state index contributed by atoms with van der Waals surface area (Å²) < 4.78 is 5.83. The maximum atomic E-state index is 12.2. The number of aryl methyl sites for hydroxylation is 1. The predicted octanol–water partition coefficient (Wildman–Crippen LogP) is 1.47. The summed E-state index contributed by atoms with van der Waals surface area (Å²) in [5, 5.41) is 0. The lowest BCUT2D eigenvalue weighted by atomic mass is 10.3. The zero-order valence-electron chi connectivity index (χ0n) is 11.8. The standard InChI is InChI=1S/C15H16N4O2/c1-11-4-2-5-13(18-11)21-12-6-9-19(10-12)15(20)14-16-7-3-8-17-14/h2-5,7-8,12H,6,9-10H2,1H3/t12-/m1/s1. The highest BCUT2D eigenvalue weighted by Gasteiger charge is 2.29. The van der Waals surface area contributed by atoms with Gasteiger partial charge in [0.2, 0.25) is 11.7 Å². The number of pyridine rings is 1. The first kappa shape index (κ1) is 13.5. The number of ether oxygens (including phenoxy) is 1. The normalized spacial score (nSPS) is 17.8. The van der Waals surface area contributed by atoms with Crippen molar-refractivity contribution in [3.05, 3.63) is 48.2 Å². The Balaban J connectivity index is 1.62. The van der Waals surface area contributed by atoms with Gasteiger partial charge >= 0.3 is 0 Å². The molecule has 0 unspecified atom stereocenters. The zero-order valence-corrected chi connectivity index (χ0v) is 11.8. The minimum atomic E-state index is -0.154. The van der Waals surface area contributed by atoms with Crippen LogP contribution in [-0.4, -0.2) is 45.0 Å². The average molecular weight is 284 g/mol. The van der Waals surface area contributed by atoms with Gasteiger partial charge in [-0.3, -0.25) is 4.79 Å². The van der Waals surface area contributed by atoms with Crippen LogP contribution >= 0.6 is 0 Å². The van der Waals surface area contributed by atoms with Crippen LogP contribution in [0.1, 0.15) is 22.7 Å². The molecule has 2 aromatic heterocycles. The van der Waals surface area contributed by atoms with Gasteiger partial charge in [0.05, 0.1) is 6.54 Å². The number of hydrogen-bond acceptors (Lipinski definition) is 5. The Morgan fingerprint density at radius 2 is 2.10 bits per heavy atom. The van der Waals surface area contributed by atoms with Crippen LogP contribution < -0.4 is 4.74 Å². The summed E-state index contributed by atoms with van der Waals surface area (Å²) in [5.41, 5.74) is 0.913. The molecule has 3 heterocycles. The van der Waals surface area contributed by atoms with E-state index in [-0.39, 0.29) is 17.8 Å². The number of nitrogens with zero attached hydrogens (tertiary/aromatic N) is 4. The molecule has 1 fully saturated rings. The van der Waals surface area contributed by atoms with E-state index in [9.17, 15) is 4.79 Å². The van der Waals surface area contributed by atoms with E-state index >= 15 is 0 Å². The summed E-state index contributed by atoms with van der Waals surface area (Å²) in [6.45, 7) is 3.10. The number of amides is 1. The summed E-state index contributed by atoms with van der Waals surface area (Å²) in [4.78, 5) is 26.2. The second-order valence-electron chi connectivity index (χ2n) is 4.97. The Morgan fingerprint density at radius 3 is 2.86 bits per heavy atom. The van der Waals surface area contributed by atoms with Crippen LogP contribution in [0, 0.1) is 6.92 Å². The predicted molar refractivity (Wildman–Crippen MR) is 75.9 cm³/mol. The molecule has 1 atom stereocenters. The fourth-order valence-electron chi connectivity index (χ4n) is 2.31. The van der Waals surface area contributed by atoms with Crippen LogP contribution in [0.2, 0.25) is 0 Å². The molecule has 21 heavy (non-hydrogen) atoms. The first-order valence-corrected chi connectivity index (χ1v) is 6.89. The molecule has 0 aliphatic carbocycles. The molecule has 1 aliphatic heterocycles. The van der Waals surface area contributed by atoms with Crippen LogP contribution in [0.4, 0.5) is 0 Å². The molecule has 2 aromatic rings. The number of carbonyl (C=O) groups is 1. The quantitative estimate of drug-likeness (QED) is 0.854. The van der Waals surface area contributed by atoms with Crippen molar-refractivity contribution in [2.45, 2.75) is 19.4 Å². The molecule has 108 valence electrons. The third kappa shape index (κ3) is 3.16. The van der Waals surface area contributed by atoms with Crippen molar-refractivity contribution in [2.24, 2.45) is 0 Å². The Morgan fingerprint density at radius 1 is 1.29 bits per heavy atom. The van der Waals surface area contributed by atoms with Crippen molar-refractivity contribution in [1.29, 1.82) is 0 Å². The molecular weight excluding hydrogens is 268 g/mol. The number of aromatic nitrogens is 3. The molecule has 0 bridgehead atoms. The van der Waals surface area contributed by atoms with E-state index in [2.05, 4.69) is 15.0 Å². The van der Waals surface area contributed by atoms with Crippen molar-refractivity contribution in [2.75, 3.05) is 13.1 Å². The molecule has 0 radical (unpaired) electrons. The van der Waals surface area contributed by atoms with E-state index in [1.807, 2.05) is 25.1 Å². The van der Waals surface area contributed by atoms with Gasteiger partial charge < -0.3 is 9.64 Å². The minimum Gasteiger partial charge on any atom is -0.472 e. The second kappa shape index (κ2) is 5.87. The van der Waals surface area contributed by atoms with E-state index in [0.29, 0.717) is 19.0 Å². The lowest BCUT2D eigenvalue weighted by Crippen LogP contribution is -2.32. The fraction of sp³-hybridized carbons (Fsp3) is 0.333. The molecule has 6 nitrogen and oxygen atoms in total. The summed E-state index contributed by atoms with van der Waals surface area (Å²) in [6, 6.07) is 7.35. The molecule has 0 spiro atoms. The highest BCUT2D eigenvalue weighted by Crippen LogP contribution is 2.17. The van der Waals surface area contributed by atoms with Gasteiger partial charge in [0.15, 0.2) is 0 Å². The number of hydrogen-bond donors (Lipinski definition) is 0. The topological polar surface area (TPSA) is 68.2 Å². The highest BCUT2D eigenvalue weighted by atomic mass is 16.5. The lowest BCUT2D eigenvalue weighted by molar-refractivity contribution is 0.0759. The third-order valence-corrected chi connectivity index (χ3v) is 3.34. The van der Waals surface area contributed by atoms with E-state index in [4.69, 9.17) is 4.74 Å². The van der Waals surface area contributed by atoms with Crippen LogP contribution in [0.5, 0.6) is 5.88 Å². The minimum absolute atomic E-state index is 0.0352. The Kier molecular flexibility index (Phi) is 3.77. The van der Waals surface area contributed by atoms with Gasteiger partial charge in [-0.15, -0.1) is 0 Å².